The van der Waals surface area contributed by atoms with Gasteiger partial charge in [-0.15, -0.1) is 11.3 Å². The Morgan fingerprint density at radius 3 is 3.00 bits per heavy atom. The minimum atomic E-state index is -0.209. The highest BCUT2D eigenvalue weighted by Crippen LogP contribution is 2.22. The molecule has 0 aliphatic rings. The summed E-state index contributed by atoms with van der Waals surface area (Å²) in [6.07, 6.45) is 2.46. The van der Waals surface area contributed by atoms with Crippen molar-refractivity contribution in [3.63, 3.8) is 0 Å². The van der Waals surface area contributed by atoms with Gasteiger partial charge in [-0.05, 0) is 19.4 Å². The number of hydrogen-bond acceptors (Lipinski definition) is 4. The van der Waals surface area contributed by atoms with Crippen molar-refractivity contribution in [3.8, 4) is 11.3 Å². The summed E-state index contributed by atoms with van der Waals surface area (Å²) in [4.78, 5) is 19.3. The Labute approximate surface area is 115 Å². The van der Waals surface area contributed by atoms with Crippen LogP contribution in [-0.4, -0.2) is 33.6 Å². The van der Waals surface area contributed by atoms with Gasteiger partial charge in [0.15, 0.2) is 0 Å². The van der Waals surface area contributed by atoms with Crippen LogP contribution in [0.15, 0.2) is 17.6 Å². The van der Waals surface area contributed by atoms with Crippen LogP contribution < -0.4 is 5.32 Å². The molecule has 0 aliphatic heterocycles. The lowest BCUT2D eigenvalue weighted by Gasteiger charge is -2.12. The van der Waals surface area contributed by atoms with Crippen LogP contribution in [-0.2, 0) is 0 Å². The average Bonchev–Trinajstić information content (AvgIpc) is 3.04. The number of H-pyrrole nitrogens is 1. The van der Waals surface area contributed by atoms with Crippen LogP contribution in [0.3, 0.4) is 0 Å². The lowest BCUT2D eigenvalue weighted by molar-refractivity contribution is 0.0910. The molecule has 1 atom stereocenters. The van der Waals surface area contributed by atoms with Gasteiger partial charge in [-0.25, -0.2) is 4.98 Å². The lowest BCUT2D eigenvalue weighted by Crippen LogP contribution is -2.37. The average molecular weight is 279 g/mol. The van der Waals surface area contributed by atoms with Crippen molar-refractivity contribution in [3.05, 3.63) is 28.3 Å². The number of nitrogens with one attached hydrogen (secondary N) is 2. The number of nitrogens with zero attached hydrogens (tertiary/aromatic N) is 1. The molecule has 1 amide bonds. The molecule has 2 aromatic rings. The zero-order valence-electron chi connectivity index (χ0n) is 10.9. The van der Waals surface area contributed by atoms with Crippen LogP contribution in [0.1, 0.15) is 28.8 Å². The Morgan fingerprint density at radius 2 is 2.42 bits per heavy atom. The lowest BCUT2D eigenvalue weighted by atomic mass is 10.2. The van der Waals surface area contributed by atoms with E-state index in [4.69, 9.17) is 5.11 Å². The van der Waals surface area contributed by atoms with Crippen molar-refractivity contribution in [2.45, 2.75) is 26.3 Å². The molecule has 0 spiro atoms. The summed E-state index contributed by atoms with van der Waals surface area (Å²) < 4.78 is 0. The van der Waals surface area contributed by atoms with Crippen LogP contribution >= 0.6 is 11.3 Å². The molecule has 0 bridgehead atoms. The molecule has 19 heavy (non-hydrogen) atoms. The first-order valence-corrected chi connectivity index (χ1v) is 7.04. The summed E-state index contributed by atoms with van der Waals surface area (Å²) in [6, 6.07) is 1.56. The maximum atomic E-state index is 12.0. The van der Waals surface area contributed by atoms with E-state index < -0.39 is 0 Å². The first-order chi connectivity index (χ1) is 9.13. The molecule has 2 rings (SSSR count). The van der Waals surface area contributed by atoms with Gasteiger partial charge in [-0.3, -0.25) is 4.79 Å². The molecule has 0 saturated carbocycles. The highest BCUT2D eigenvalue weighted by atomic mass is 32.1. The number of carbonyl (C=O) groups excluding carboxylic acids is 1. The first kappa shape index (κ1) is 13.8. The maximum Gasteiger partial charge on any atom is 0.268 e. The van der Waals surface area contributed by atoms with Gasteiger partial charge in [-0.2, -0.15) is 0 Å². The molecule has 102 valence electrons. The van der Waals surface area contributed by atoms with Gasteiger partial charge in [0, 0.05) is 17.1 Å². The molecule has 1 unspecified atom stereocenters. The third kappa shape index (κ3) is 3.21. The minimum Gasteiger partial charge on any atom is -0.394 e. The predicted molar refractivity (Wildman–Crippen MR) is 75.3 cm³/mol. The number of aliphatic hydroxyl groups is 1. The number of aromatic nitrogens is 2. The highest BCUT2D eigenvalue weighted by Gasteiger charge is 2.14. The normalized spacial score (nSPS) is 12.4. The summed E-state index contributed by atoms with van der Waals surface area (Å²) >= 11 is 1.58. The number of carbonyl (C=O) groups is 1. The van der Waals surface area contributed by atoms with Gasteiger partial charge >= 0.3 is 0 Å². The van der Waals surface area contributed by atoms with E-state index in [-0.39, 0.29) is 18.6 Å². The van der Waals surface area contributed by atoms with E-state index in [0.717, 1.165) is 16.3 Å². The molecule has 2 heterocycles. The van der Waals surface area contributed by atoms with Gasteiger partial charge in [0.1, 0.15) is 5.69 Å². The zero-order chi connectivity index (χ0) is 13.8. The first-order valence-electron chi connectivity index (χ1n) is 6.16. The fraction of sp³-hybridized carbons (Fsp3) is 0.385. The Kier molecular flexibility index (Phi) is 4.34. The second kappa shape index (κ2) is 5.99. The Hall–Kier alpha value is -1.66. The minimum absolute atomic E-state index is 0.0545. The summed E-state index contributed by atoms with van der Waals surface area (Å²) in [6.45, 7) is 3.81. The number of aliphatic hydroxyl groups excluding tert-OH is 1. The smallest absolute Gasteiger partial charge is 0.268 e. The van der Waals surface area contributed by atoms with Crippen LogP contribution in [0.25, 0.3) is 11.3 Å². The van der Waals surface area contributed by atoms with Crippen LogP contribution in [0.2, 0.25) is 0 Å². The number of aryl methyl sites for hydroxylation is 1. The van der Waals surface area contributed by atoms with Crippen molar-refractivity contribution in [2.75, 3.05) is 6.61 Å². The molecule has 0 radical (unpaired) electrons. The molecular weight excluding hydrogens is 262 g/mol. The molecular formula is C13H17N3O2S. The van der Waals surface area contributed by atoms with Crippen molar-refractivity contribution in [1.82, 2.24) is 15.3 Å². The molecule has 0 aromatic carbocycles. The second-order valence-corrected chi connectivity index (χ2v) is 5.38. The Morgan fingerprint density at radius 1 is 1.63 bits per heavy atom. The molecule has 6 heteroatoms. The van der Waals surface area contributed by atoms with E-state index in [0.29, 0.717) is 12.1 Å². The van der Waals surface area contributed by atoms with E-state index in [9.17, 15) is 4.79 Å². The Balaban J connectivity index is 2.10. The number of thiazole rings is 1. The number of rotatable bonds is 5. The summed E-state index contributed by atoms with van der Waals surface area (Å²) in [7, 11) is 0. The fourth-order valence-corrected chi connectivity index (χ4v) is 2.33. The monoisotopic (exact) mass is 279 g/mol. The standard InChI is InChI=1S/C13H17N3O2S/c1-3-10(6-17)16-13(18)11-4-9(5-14-11)12-7-19-8(2)15-12/h4-5,7,10,14,17H,3,6H2,1-2H3,(H,16,18). The third-order valence-corrected chi connectivity index (χ3v) is 3.66. The van der Waals surface area contributed by atoms with E-state index >= 15 is 0 Å². The topological polar surface area (TPSA) is 78.0 Å². The number of hydrogen-bond donors (Lipinski definition) is 3. The quantitative estimate of drug-likeness (QED) is 0.782. The molecule has 2 aromatic heterocycles. The number of amides is 1. The predicted octanol–water partition coefficient (Wildman–Crippen LogP) is 1.95. The third-order valence-electron chi connectivity index (χ3n) is 2.89. The van der Waals surface area contributed by atoms with Crippen molar-refractivity contribution in [2.24, 2.45) is 0 Å². The van der Waals surface area contributed by atoms with Gasteiger partial charge in [0.2, 0.25) is 0 Å². The van der Waals surface area contributed by atoms with Gasteiger partial charge in [-0.1, -0.05) is 6.92 Å². The van der Waals surface area contributed by atoms with E-state index in [1.54, 1.807) is 23.6 Å². The van der Waals surface area contributed by atoms with Gasteiger partial charge in [0.25, 0.3) is 5.91 Å². The SMILES string of the molecule is CCC(CO)NC(=O)c1cc(-c2csc(C)n2)c[nH]1. The second-order valence-electron chi connectivity index (χ2n) is 4.32. The van der Waals surface area contributed by atoms with Crippen LogP contribution in [0, 0.1) is 6.92 Å². The summed E-state index contributed by atoms with van der Waals surface area (Å²) in [5.41, 5.74) is 2.24. The Bertz CT molecular complexity index is 558. The van der Waals surface area contributed by atoms with Crippen LogP contribution in [0.4, 0.5) is 0 Å². The van der Waals surface area contributed by atoms with E-state index in [2.05, 4.69) is 15.3 Å². The molecule has 5 nitrogen and oxygen atoms in total. The molecule has 0 saturated heterocycles. The molecule has 3 N–H and O–H groups in total. The zero-order valence-corrected chi connectivity index (χ0v) is 11.8. The van der Waals surface area contributed by atoms with Gasteiger partial charge in [0.05, 0.1) is 23.4 Å². The molecule has 0 aliphatic carbocycles. The van der Waals surface area contributed by atoms with Gasteiger partial charge < -0.3 is 15.4 Å². The highest BCUT2D eigenvalue weighted by molar-refractivity contribution is 7.09. The maximum absolute atomic E-state index is 12.0. The number of aromatic amines is 1. The van der Waals surface area contributed by atoms with Crippen molar-refractivity contribution < 1.29 is 9.90 Å². The van der Waals surface area contributed by atoms with Crippen molar-refractivity contribution >= 4 is 17.2 Å². The largest absolute Gasteiger partial charge is 0.394 e. The summed E-state index contributed by atoms with van der Waals surface area (Å²) in [5.74, 6) is -0.209. The van der Waals surface area contributed by atoms with Crippen molar-refractivity contribution in [1.29, 1.82) is 0 Å². The fourth-order valence-electron chi connectivity index (χ4n) is 1.71. The summed E-state index contributed by atoms with van der Waals surface area (Å²) in [5, 5.41) is 14.8. The van der Waals surface area contributed by atoms with E-state index in [1.807, 2.05) is 19.2 Å². The molecule has 0 fully saturated rings. The van der Waals surface area contributed by atoms with E-state index in [1.165, 1.54) is 0 Å². The van der Waals surface area contributed by atoms with Crippen LogP contribution in [0.5, 0.6) is 0 Å².